The first-order valence-corrected chi connectivity index (χ1v) is 7.71. The van der Waals surface area contributed by atoms with E-state index in [4.69, 9.17) is 9.47 Å². The maximum Gasteiger partial charge on any atom is 0.279 e. The molecule has 5 nitrogen and oxygen atoms in total. The Morgan fingerprint density at radius 2 is 1.72 bits per heavy atom. The third-order valence-electron chi connectivity index (χ3n) is 3.67. The third-order valence-corrected chi connectivity index (χ3v) is 3.67. The first kappa shape index (κ1) is 18.7. The molecule has 0 bridgehead atoms. The van der Waals surface area contributed by atoms with Gasteiger partial charge < -0.3 is 19.7 Å². The van der Waals surface area contributed by atoms with Crippen molar-refractivity contribution in [3.63, 3.8) is 0 Å². The largest absolute Gasteiger partial charge is 0.493 e. The first-order valence-electron chi connectivity index (χ1n) is 7.71. The van der Waals surface area contributed by atoms with Gasteiger partial charge in [0.2, 0.25) is 0 Å². The third kappa shape index (κ3) is 4.67. The number of anilines is 1. The molecule has 1 atom stereocenters. The molecule has 25 heavy (non-hydrogen) atoms. The van der Waals surface area contributed by atoms with Gasteiger partial charge in [0.25, 0.3) is 5.91 Å². The van der Waals surface area contributed by atoms with Crippen LogP contribution >= 0.6 is 0 Å². The van der Waals surface area contributed by atoms with E-state index in [2.05, 4.69) is 5.32 Å². The molecule has 134 valence electrons. The molecule has 2 rings (SSSR count). The fourth-order valence-corrected chi connectivity index (χ4v) is 2.56. The van der Waals surface area contributed by atoms with Gasteiger partial charge in [0, 0.05) is 0 Å². The average molecular weight is 351 g/mol. The Labute approximate surface area is 145 Å². The molecule has 2 aromatic rings. The van der Waals surface area contributed by atoms with Gasteiger partial charge in [-0.05, 0) is 24.3 Å². The van der Waals surface area contributed by atoms with Crippen LogP contribution in [0.1, 0.15) is 5.56 Å². The minimum absolute atomic E-state index is 0.0359. The number of methoxy groups -OCH3 is 2. The molecule has 2 N–H and O–H groups in total. The van der Waals surface area contributed by atoms with Crippen molar-refractivity contribution in [3.8, 4) is 11.5 Å². The van der Waals surface area contributed by atoms with E-state index in [9.17, 15) is 13.6 Å². The number of para-hydroxylation sites is 2. The van der Waals surface area contributed by atoms with E-state index < -0.39 is 23.2 Å². The number of likely N-dealkylation sites (N-methyl/N-ethyl adjacent to an activating group) is 1. The van der Waals surface area contributed by atoms with Crippen LogP contribution in [-0.2, 0) is 11.3 Å². The van der Waals surface area contributed by atoms with E-state index in [0.717, 1.165) is 22.6 Å². The summed E-state index contributed by atoms with van der Waals surface area (Å²) < 4.78 is 37.8. The molecule has 0 aromatic heterocycles. The number of rotatable bonds is 7. The molecule has 0 saturated heterocycles. The first-order chi connectivity index (χ1) is 12.0. The predicted molar refractivity (Wildman–Crippen MR) is 90.0 cm³/mol. The van der Waals surface area contributed by atoms with Crippen LogP contribution in [0.2, 0.25) is 0 Å². The zero-order valence-corrected chi connectivity index (χ0v) is 14.4. The molecule has 0 radical (unpaired) electrons. The van der Waals surface area contributed by atoms with Crippen LogP contribution in [0.3, 0.4) is 0 Å². The van der Waals surface area contributed by atoms with Crippen molar-refractivity contribution >= 4 is 11.6 Å². The molecular weight excluding hydrogens is 330 g/mol. The van der Waals surface area contributed by atoms with Gasteiger partial charge in [-0.3, -0.25) is 4.79 Å². The predicted octanol–water partition coefficient (Wildman–Crippen LogP) is 1.64. The fraction of sp³-hybridized carbons (Fsp3) is 0.278. The molecule has 0 fully saturated rings. The van der Waals surface area contributed by atoms with Crippen LogP contribution in [0.15, 0.2) is 36.4 Å². The molecular formula is C18H21F2N2O3+. The molecule has 0 saturated carbocycles. The number of benzene rings is 2. The lowest BCUT2D eigenvalue weighted by atomic mass is 10.1. The van der Waals surface area contributed by atoms with Crippen molar-refractivity contribution in [2.45, 2.75) is 6.54 Å². The maximum atomic E-state index is 13.6. The highest BCUT2D eigenvalue weighted by Crippen LogP contribution is 2.30. The summed E-state index contributed by atoms with van der Waals surface area (Å²) in [5.41, 5.74) is 0.434. The number of nitrogens with one attached hydrogen (secondary N) is 2. The Hall–Kier alpha value is -2.67. The highest BCUT2D eigenvalue weighted by atomic mass is 19.1. The summed E-state index contributed by atoms with van der Waals surface area (Å²) in [5, 5.41) is 2.28. The van der Waals surface area contributed by atoms with Gasteiger partial charge in [-0.25, -0.2) is 8.78 Å². The average Bonchev–Trinajstić information content (AvgIpc) is 2.57. The van der Waals surface area contributed by atoms with Crippen LogP contribution in [0.5, 0.6) is 11.5 Å². The Morgan fingerprint density at radius 1 is 1.08 bits per heavy atom. The number of amides is 1. The van der Waals surface area contributed by atoms with Crippen LogP contribution < -0.4 is 19.7 Å². The van der Waals surface area contributed by atoms with Crippen LogP contribution in [0.25, 0.3) is 0 Å². The Balaban J connectivity index is 2.03. The van der Waals surface area contributed by atoms with E-state index in [0.29, 0.717) is 18.0 Å². The van der Waals surface area contributed by atoms with E-state index in [1.807, 2.05) is 12.1 Å². The number of carbonyl (C=O) groups excluding carboxylic acids is 1. The summed E-state index contributed by atoms with van der Waals surface area (Å²) in [5.74, 6) is -0.889. The molecule has 0 heterocycles. The van der Waals surface area contributed by atoms with E-state index in [1.165, 1.54) is 6.07 Å². The van der Waals surface area contributed by atoms with Crippen molar-refractivity contribution in [1.82, 2.24) is 0 Å². The topological polar surface area (TPSA) is 52.0 Å². The zero-order chi connectivity index (χ0) is 18.4. The fourth-order valence-electron chi connectivity index (χ4n) is 2.56. The van der Waals surface area contributed by atoms with Gasteiger partial charge in [0.1, 0.15) is 23.9 Å². The number of halogens is 2. The molecule has 0 spiro atoms. The van der Waals surface area contributed by atoms with Crippen molar-refractivity contribution < 1.29 is 27.9 Å². The van der Waals surface area contributed by atoms with Crippen LogP contribution in [-0.4, -0.2) is 33.7 Å². The van der Waals surface area contributed by atoms with Gasteiger partial charge in [0.05, 0.1) is 26.8 Å². The quantitative estimate of drug-likeness (QED) is 0.797. The summed E-state index contributed by atoms with van der Waals surface area (Å²) in [6.07, 6.45) is 0. The number of quaternary nitrogens is 1. The summed E-state index contributed by atoms with van der Waals surface area (Å²) in [4.78, 5) is 12.9. The standard InChI is InChI=1S/C18H20F2N2O3/c1-22(10-12-6-4-9-15(24-2)18(12)25-3)11-16(23)21-17-13(19)7-5-8-14(17)20/h4-9H,10-11H2,1-3H3,(H,21,23)/p+1. The number of hydrogen-bond acceptors (Lipinski definition) is 3. The molecule has 1 amide bonds. The number of hydrogen-bond donors (Lipinski definition) is 2. The monoisotopic (exact) mass is 351 g/mol. The van der Waals surface area contributed by atoms with E-state index >= 15 is 0 Å². The van der Waals surface area contributed by atoms with Crippen molar-refractivity contribution in [3.05, 3.63) is 53.6 Å². The molecule has 1 unspecified atom stereocenters. The van der Waals surface area contributed by atoms with Crippen molar-refractivity contribution in [2.75, 3.05) is 33.1 Å². The second-order valence-electron chi connectivity index (χ2n) is 5.61. The molecule has 2 aromatic carbocycles. The number of ether oxygens (including phenoxy) is 2. The summed E-state index contributed by atoms with van der Waals surface area (Å²) in [6, 6.07) is 8.92. The van der Waals surface area contributed by atoms with Gasteiger partial charge in [-0.15, -0.1) is 0 Å². The Morgan fingerprint density at radius 3 is 2.32 bits per heavy atom. The summed E-state index contributed by atoms with van der Waals surface area (Å²) in [7, 11) is 4.90. The summed E-state index contributed by atoms with van der Waals surface area (Å²) >= 11 is 0. The Bertz CT molecular complexity index is 733. The van der Waals surface area contributed by atoms with Gasteiger partial charge in [-0.2, -0.15) is 0 Å². The van der Waals surface area contributed by atoms with Gasteiger partial charge in [0.15, 0.2) is 18.0 Å². The smallest absolute Gasteiger partial charge is 0.279 e. The highest BCUT2D eigenvalue weighted by Gasteiger charge is 2.18. The normalized spacial score (nSPS) is 11.7. The van der Waals surface area contributed by atoms with Crippen LogP contribution in [0, 0.1) is 11.6 Å². The molecule has 7 heteroatoms. The lowest BCUT2D eigenvalue weighted by Gasteiger charge is -2.17. The minimum Gasteiger partial charge on any atom is -0.493 e. The summed E-state index contributed by atoms with van der Waals surface area (Å²) in [6.45, 7) is 0.516. The van der Waals surface area contributed by atoms with E-state index in [-0.39, 0.29) is 6.54 Å². The van der Waals surface area contributed by atoms with Gasteiger partial charge in [-0.1, -0.05) is 12.1 Å². The SMILES string of the molecule is COc1cccc(C[NH+](C)CC(=O)Nc2c(F)cccc2F)c1OC. The van der Waals surface area contributed by atoms with Crippen LogP contribution in [0.4, 0.5) is 14.5 Å². The zero-order valence-electron chi connectivity index (χ0n) is 14.4. The lowest BCUT2D eigenvalue weighted by molar-refractivity contribution is -0.885. The highest BCUT2D eigenvalue weighted by molar-refractivity contribution is 5.91. The lowest BCUT2D eigenvalue weighted by Crippen LogP contribution is -3.08. The molecule has 0 aliphatic rings. The molecule has 0 aliphatic heterocycles. The van der Waals surface area contributed by atoms with E-state index in [1.54, 1.807) is 27.3 Å². The van der Waals surface area contributed by atoms with Gasteiger partial charge >= 0.3 is 0 Å². The van der Waals surface area contributed by atoms with Crippen molar-refractivity contribution in [1.29, 1.82) is 0 Å². The second kappa shape index (κ2) is 8.43. The second-order valence-corrected chi connectivity index (χ2v) is 5.61. The maximum absolute atomic E-state index is 13.6. The van der Waals surface area contributed by atoms with Crippen molar-refractivity contribution in [2.24, 2.45) is 0 Å². The minimum atomic E-state index is -0.805. The number of carbonyl (C=O) groups is 1. The Kier molecular flexibility index (Phi) is 6.30. The molecule has 0 aliphatic carbocycles.